The third kappa shape index (κ3) is 4.38. The zero-order chi connectivity index (χ0) is 20.1. The van der Waals surface area contributed by atoms with E-state index in [0.717, 1.165) is 16.8 Å². The number of phenolic OH excluding ortho intramolecular Hbond substituents is 1. The molecule has 4 aromatic rings. The zero-order valence-electron chi connectivity index (χ0n) is 16.2. The molecule has 1 aromatic heterocycles. The fraction of sp³-hybridized carbons (Fsp3) is 0.0800. The van der Waals surface area contributed by atoms with Crippen LogP contribution in [0.4, 0.5) is 0 Å². The summed E-state index contributed by atoms with van der Waals surface area (Å²) in [5, 5.41) is 15.1. The van der Waals surface area contributed by atoms with Gasteiger partial charge in [-0.25, -0.2) is 0 Å². The molecule has 0 spiro atoms. The fourth-order valence-corrected chi connectivity index (χ4v) is 3.14. The minimum atomic E-state index is 0.146. The second kappa shape index (κ2) is 8.48. The van der Waals surface area contributed by atoms with Crippen LogP contribution < -0.4 is 4.74 Å². The van der Waals surface area contributed by atoms with Crippen LogP contribution in [0.25, 0.3) is 23.4 Å². The molecule has 0 unspecified atom stereocenters. The summed E-state index contributed by atoms with van der Waals surface area (Å²) in [5.74, 6) is 0.748. The second-order valence-electron chi connectivity index (χ2n) is 6.75. The summed E-state index contributed by atoms with van der Waals surface area (Å²) in [7, 11) is 1.89. The number of nitrogens with zero attached hydrogens (tertiary/aromatic N) is 2. The standard InChI is InChI=1S/C25H22N2O2/c1-27-21(16-15-19-9-4-2-5-10-19)17-22(26-27)25-23(28)13-8-14-24(25)29-18-20-11-6-3-7-12-20/h2-17,28H,18H2,1H3/b16-15+. The van der Waals surface area contributed by atoms with Gasteiger partial charge in [0, 0.05) is 7.05 Å². The fourth-order valence-electron chi connectivity index (χ4n) is 3.14. The number of phenols is 1. The summed E-state index contributed by atoms with van der Waals surface area (Å²) in [6, 6.07) is 27.3. The van der Waals surface area contributed by atoms with Crippen LogP contribution in [-0.4, -0.2) is 14.9 Å². The minimum Gasteiger partial charge on any atom is -0.507 e. The van der Waals surface area contributed by atoms with Crippen molar-refractivity contribution in [3.8, 4) is 22.8 Å². The highest BCUT2D eigenvalue weighted by molar-refractivity contribution is 5.77. The van der Waals surface area contributed by atoms with Crippen molar-refractivity contribution in [3.63, 3.8) is 0 Å². The molecule has 0 amide bonds. The van der Waals surface area contributed by atoms with E-state index in [4.69, 9.17) is 4.74 Å². The minimum absolute atomic E-state index is 0.146. The normalized spacial score (nSPS) is 11.1. The molecule has 0 saturated heterocycles. The van der Waals surface area contributed by atoms with Crippen LogP contribution >= 0.6 is 0 Å². The van der Waals surface area contributed by atoms with E-state index in [2.05, 4.69) is 5.10 Å². The van der Waals surface area contributed by atoms with E-state index in [1.54, 1.807) is 16.8 Å². The van der Waals surface area contributed by atoms with Gasteiger partial charge in [0.15, 0.2) is 0 Å². The molecule has 0 saturated carbocycles. The molecule has 0 aliphatic heterocycles. The van der Waals surface area contributed by atoms with Gasteiger partial charge in [-0.3, -0.25) is 4.68 Å². The molecule has 1 N–H and O–H groups in total. The van der Waals surface area contributed by atoms with Crippen LogP contribution in [0.5, 0.6) is 11.5 Å². The predicted octanol–water partition coefficient (Wildman–Crippen LogP) is 5.54. The summed E-state index contributed by atoms with van der Waals surface area (Å²) in [6.07, 6.45) is 4.05. The molecule has 0 radical (unpaired) electrons. The van der Waals surface area contributed by atoms with Crippen molar-refractivity contribution in [1.29, 1.82) is 0 Å². The van der Waals surface area contributed by atoms with Crippen LogP contribution in [-0.2, 0) is 13.7 Å². The quantitative estimate of drug-likeness (QED) is 0.476. The Morgan fingerprint density at radius 2 is 1.62 bits per heavy atom. The molecule has 29 heavy (non-hydrogen) atoms. The third-order valence-corrected chi connectivity index (χ3v) is 4.66. The van der Waals surface area contributed by atoms with E-state index in [0.29, 0.717) is 23.6 Å². The van der Waals surface area contributed by atoms with Crippen molar-refractivity contribution in [2.24, 2.45) is 7.05 Å². The molecule has 0 fully saturated rings. The lowest BCUT2D eigenvalue weighted by atomic mass is 10.1. The number of aromatic hydroxyl groups is 1. The van der Waals surface area contributed by atoms with Crippen LogP contribution in [0.1, 0.15) is 16.8 Å². The summed E-state index contributed by atoms with van der Waals surface area (Å²) in [5.41, 5.74) is 4.37. The van der Waals surface area contributed by atoms with Gasteiger partial charge >= 0.3 is 0 Å². The Kier molecular flexibility index (Phi) is 5.43. The van der Waals surface area contributed by atoms with Crippen LogP contribution in [0.3, 0.4) is 0 Å². The predicted molar refractivity (Wildman–Crippen MR) is 116 cm³/mol. The molecular weight excluding hydrogens is 360 g/mol. The van der Waals surface area contributed by atoms with E-state index >= 15 is 0 Å². The van der Waals surface area contributed by atoms with E-state index in [1.165, 1.54) is 0 Å². The summed E-state index contributed by atoms with van der Waals surface area (Å²) in [6.45, 7) is 0.422. The van der Waals surface area contributed by atoms with Crippen molar-refractivity contribution in [2.75, 3.05) is 0 Å². The molecule has 0 atom stereocenters. The van der Waals surface area contributed by atoms with E-state index < -0.39 is 0 Å². The van der Waals surface area contributed by atoms with Crippen LogP contribution in [0.15, 0.2) is 84.9 Å². The number of ether oxygens (including phenoxy) is 1. The molecule has 0 bridgehead atoms. The Morgan fingerprint density at radius 3 is 2.38 bits per heavy atom. The maximum atomic E-state index is 10.5. The van der Waals surface area contributed by atoms with Crippen molar-refractivity contribution >= 4 is 12.2 Å². The second-order valence-corrected chi connectivity index (χ2v) is 6.75. The summed E-state index contributed by atoms with van der Waals surface area (Å²) in [4.78, 5) is 0. The maximum absolute atomic E-state index is 10.5. The highest BCUT2D eigenvalue weighted by atomic mass is 16.5. The van der Waals surface area contributed by atoms with Gasteiger partial charge in [-0.1, -0.05) is 72.8 Å². The molecule has 0 aliphatic rings. The van der Waals surface area contributed by atoms with Crippen molar-refractivity contribution < 1.29 is 9.84 Å². The number of aryl methyl sites for hydroxylation is 1. The summed E-state index contributed by atoms with van der Waals surface area (Å²) < 4.78 is 7.80. The Morgan fingerprint density at radius 1 is 0.897 bits per heavy atom. The lowest BCUT2D eigenvalue weighted by Gasteiger charge is -2.11. The van der Waals surface area contributed by atoms with Crippen molar-refractivity contribution in [1.82, 2.24) is 9.78 Å². The average molecular weight is 382 g/mol. The Bertz CT molecular complexity index is 1120. The summed E-state index contributed by atoms with van der Waals surface area (Å²) >= 11 is 0. The van der Waals surface area contributed by atoms with Crippen LogP contribution in [0, 0.1) is 0 Å². The maximum Gasteiger partial charge on any atom is 0.133 e. The Hall–Kier alpha value is -3.79. The first-order valence-corrected chi connectivity index (χ1v) is 9.47. The third-order valence-electron chi connectivity index (χ3n) is 4.66. The van der Waals surface area contributed by atoms with Crippen LogP contribution in [0.2, 0.25) is 0 Å². The molecule has 0 aliphatic carbocycles. The highest BCUT2D eigenvalue weighted by Crippen LogP contribution is 2.37. The SMILES string of the molecule is Cn1nc(-c2c(O)cccc2OCc2ccccc2)cc1/C=C/c1ccccc1. The molecule has 1 heterocycles. The topological polar surface area (TPSA) is 47.3 Å². The van der Waals surface area contributed by atoms with Gasteiger partial charge in [0.05, 0.1) is 11.3 Å². The van der Waals surface area contributed by atoms with Crippen molar-refractivity contribution in [2.45, 2.75) is 6.61 Å². The lowest BCUT2D eigenvalue weighted by Crippen LogP contribution is -1.98. The number of hydrogen-bond donors (Lipinski definition) is 1. The van der Waals surface area contributed by atoms with Crippen molar-refractivity contribution in [3.05, 3.63) is 102 Å². The lowest BCUT2D eigenvalue weighted by molar-refractivity contribution is 0.306. The number of hydrogen-bond acceptors (Lipinski definition) is 3. The first-order chi connectivity index (χ1) is 14.2. The van der Waals surface area contributed by atoms with Gasteiger partial charge in [-0.15, -0.1) is 0 Å². The molecule has 4 nitrogen and oxygen atoms in total. The van der Waals surface area contributed by atoms with Gasteiger partial charge in [-0.05, 0) is 35.4 Å². The number of rotatable bonds is 6. The Labute approximate surface area is 170 Å². The van der Waals surface area contributed by atoms with E-state index in [9.17, 15) is 5.11 Å². The monoisotopic (exact) mass is 382 g/mol. The highest BCUT2D eigenvalue weighted by Gasteiger charge is 2.16. The molecule has 144 valence electrons. The van der Waals surface area contributed by atoms with Gasteiger partial charge < -0.3 is 9.84 Å². The van der Waals surface area contributed by atoms with E-state index in [-0.39, 0.29) is 5.75 Å². The number of benzene rings is 3. The molecule has 4 heteroatoms. The first-order valence-electron chi connectivity index (χ1n) is 9.47. The van der Waals surface area contributed by atoms with Gasteiger partial charge in [0.2, 0.25) is 0 Å². The molecule has 3 aromatic carbocycles. The smallest absolute Gasteiger partial charge is 0.133 e. The average Bonchev–Trinajstić information content (AvgIpc) is 3.12. The van der Waals surface area contributed by atoms with E-state index in [1.807, 2.05) is 92.0 Å². The van der Waals surface area contributed by atoms with Gasteiger partial charge in [-0.2, -0.15) is 5.10 Å². The van der Waals surface area contributed by atoms with Gasteiger partial charge in [0.1, 0.15) is 23.8 Å². The van der Waals surface area contributed by atoms with Gasteiger partial charge in [0.25, 0.3) is 0 Å². The molecule has 4 rings (SSSR count). The molecular formula is C25H22N2O2. The first kappa shape index (κ1) is 18.6. The Balaban J connectivity index is 1.62. The number of aromatic nitrogens is 2. The largest absolute Gasteiger partial charge is 0.507 e. The zero-order valence-corrected chi connectivity index (χ0v) is 16.2.